The summed E-state index contributed by atoms with van der Waals surface area (Å²) in [6.45, 7) is 7.37. The Hall–Kier alpha value is -0.860. The highest BCUT2D eigenvalue weighted by Gasteiger charge is 2.60. The number of hydrogen-bond acceptors (Lipinski definition) is 2. The third-order valence-electron chi connectivity index (χ3n) is 10.1. The number of ketones is 1. The first kappa shape index (κ1) is 19.5. The van der Waals surface area contributed by atoms with Gasteiger partial charge in [0.2, 0.25) is 0 Å². The summed E-state index contributed by atoms with van der Waals surface area (Å²) in [5.41, 5.74) is 0.804. The summed E-state index contributed by atoms with van der Waals surface area (Å²) in [5, 5.41) is 9.09. The van der Waals surface area contributed by atoms with Crippen molar-refractivity contribution < 1.29 is 14.7 Å². The maximum Gasteiger partial charge on any atom is 0.303 e. The van der Waals surface area contributed by atoms with E-state index in [0.717, 1.165) is 43.4 Å². The second kappa shape index (κ2) is 6.88. The maximum absolute atomic E-state index is 12.0. The molecule has 152 valence electrons. The normalized spacial score (nSPS) is 47.7. The SMILES string of the molecule is C[C@@H](CCC(=O)O)[C@H]1CC[C@@H]2[C@H]3CC[C@@H]4CC(=O)CC[C@]4(C)[C@@H]3CC[C@@]21C. The fourth-order valence-electron chi connectivity index (χ4n) is 8.57. The van der Waals surface area contributed by atoms with Crippen LogP contribution in [0.25, 0.3) is 0 Å². The van der Waals surface area contributed by atoms with Crippen LogP contribution in [0.3, 0.4) is 0 Å². The number of aliphatic carboxylic acids is 1. The first-order valence-corrected chi connectivity index (χ1v) is 11.5. The van der Waals surface area contributed by atoms with E-state index in [1.165, 1.54) is 38.5 Å². The summed E-state index contributed by atoms with van der Waals surface area (Å²) in [7, 11) is 0. The Morgan fingerprint density at radius 2 is 1.81 bits per heavy atom. The molecule has 4 aliphatic carbocycles. The number of hydrogen-bond donors (Lipinski definition) is 1. The van der Waals surface area contributed by atoms with Gasteiger partial charge in [-0.1, -0.05) is 20.8 Å². The fraction of sp³-hybridized carbons (Fsp3) is 0.917. The molecule has 0 radical (unpaired) electrons. The molecule has 3 heteroatoms. The molecule has 4 saturated carbocycles. The standard InChI is InChI=1S/C24H38O3/c1-15(4-9-22(26)27)19-7-8-20-18-6-5-16-14-17(25)10-12-23(16,2)21(18)11-13-24(19,20)3/h15-16,18-21H,4-14H2,1-3H3,(H,26,27)/t15-,16+,18+,19+,20+,21+,23-,24+/m0/s1. The lowest BCUT2D eigenvalue weighted by Crippen LogP contribution is -2.53. The van der Waals surface area contributed by atoms with Crippen molar-refractivity contribution in [3.63, 3.8) is 0 Å². The van der Waals surface area contributed by atoms with E-state index in [1.807, 2.05) is 0 Å². The van der Waals surface area contributed by atoms with Crippen LogP contribution >= 0.6 is 0 Å². The molecule has 27 heavy (non-hydrogen) atoms. The molecule has 0 unspecified atom stereocenters. The van der Waals surface area contributed by atoms with E-state index in [9.17, 15) is 9.59 Å². The number of fused-ring (bicyclic) bond motifs is 5. The van der Waals surface area contributed by atoms with Crippen molar-refractivity contribution in [1.82, 2.24) is 0 Å². The Morgan fingerprint density at radius 1 is 1.07 bits per heavy atom. The minimum absolute atomic E-state index is 0.318. The molecule has 0 aromatic heterocycles. The van der Waals surface area contributed by atoms with Crippen LogP contribution in [0.2, 0.25) is 0 Å². The Morgan fingerprint density at radius 3 is 2.56 bits per heavy atom. The minimum Gasteiger partial charge on any atom is -0.481 e. The van der Waals surface area contributed by atoms with Crippen LogP contribution in [0.15, 0.2) is 0 Å². The van der Waals surface area contributed by atoms with Crippen LogP contribution in [0, 0.1) is 46.3 Å². The molecule has 0 bridgehead atoms. The maximum atomic E-state index is 12.0. The molecule has 0 heterocycles. The predicted octanol–water partition coefficient (Wildman–Crippen LogP) is 5.72. The van der Waals surface area contributed by atoms with Gasteiger partial charge in [-0.2, -0.15) is 0 Å². The van der Waals surface area contributed by atoms with Crippen LogP contribution in [0.4, 0.5) is 0 Å². The zero-order chi connectivity index (χ0) is 19.4. The van der Waals surface area contributed by atoms with Crippen molar-refractivity contribution in [2.45, 2.75) is 91.4 Å². The molecular formula is C24H38O3. The van der Waals surface area contributed by atoms with Crippen molar-refractivity contribution in [2.75, 3.05) is 0 Å². The topological polar surface area (TPSA) is 54.4 Å². The first-order valence-electron chi connectivity index (χ1n) is 11.5. The molecule has 1 N–H and O–H groups in total. The molecule has 3 nitrogen and oxygen atoms in total. The number of carboxylic acid groups (broad SMARTS) is 1. The van der Waals surface area contributed by atoms with Crippen molar-refractivity contribution >= 4 is 11.8 Å². The molecule has 0 saturated heterocycles. The Labute approximate surface area is 164 Å². The average Bonchev–Trinajstić information content (AvgIpc) is 2.97. The Bertz CT molecular complexity index is 613. The molecule has 0 aromatic carbocycles. The second-order valence-corrected chi connectivity index (χ2v) is 11.0. The van der Waals surface area contributed by atoms with Crippen LogP contribution in [0.1, 0.15) is 91.4 Å². The summed E-state index contributed by atoms with van der Waals surface area (Å²) >= 11 is 0. The van der Waals surface area contributed by atoms with E-state index in [4.69, 9.17) is 5.11 Å². The smallest absolute Gasteiger partial charge is 0.303 e. The molecule has 0 aromatic rings. The molecule has 4 rings (SSSR count). The lowest BCUT2D eigenvalue weighted by atomic mass is 9.44. The van der Waals surface area contributed by atoms with Crippen molar-refractivity contribution in [3.05, 3.63) is 0 Å². The minimum atomic E-state index is -0.650. The summed E-state index contributed by atoms with van der Waals surface area (Å²) in [6.07, 6.45) is 11.8. The van der Waals surface area contributed by atoms with E-state index in [1.54, 1.807) is 0 Å². The number of rotatable bonds is 4. The highest BCUT2D eigenvalue weighted by atomic mass is 16.4. The van der Waals surface area contributed by atoms with Crippen LogP contribution in [0.5, 0.6) is 0 Å². The molecular weight excluding hydrogens is 336 g/mol. The monoisotopic (exact) mass is 374 g/mol. The molecule has 0 spiro atoms. The van der Waals surface area contributed by atoms with Gasteiger partial charge in [0.1, 0.15) is 5.78 Å². The summed E-state index contributed by atoms with van der Waals surface area (Å²) in [6, 6.07) is 0. The number of carbonyl (C=O) groups excluding carboxylic acids is 1. The Balaban J connectivity index is 1.52. The van der Waals surface area contributed by atoms with Crippen molar-refractivity contribution in [2.24, 2.45) is 46.3 Å². The van der Waals surface area contributed by atoms with Gasteiger partial charge in [-0.25, -0.2) is 0 Å². The van der Waals surface area contributed by atoms with Gasteiger partial charge in [0.25, 0.3) is 0 Å². The van der Waals surface area contributed by atoms with Crippen molar-refractivity contribution in [3.8, 4) is 0 Å². The van der Waals surface area contributed by atoms with Gasteiger partial charge in [0.15, 0.2) is 0 Å². The lowest BCUT2D eigenvalue weighted by molar-refractivity contribution is -0.140. The van der Waals surface area contributed by atoms with E-state index in [-0.39, 0.29) is 0 Å². The van der Waals surface area contributed by atoms with Crippen molar-refractivity contribution in [1.29, 1.82) is 0 Å². The highest BCUT2D eigenvalue weighted by Crippen LogP contribution is 2.68. The van der Waals surface area contributed by atoms with Crippen LogP contribution in [-0.2, 0) is 9.59 Å². The number of carbonyl (C=O) groups is 2. The van der Waals surface area contributed by atoms with Crippen LogP contribution in [-0.4, -0.2) is 16.9 Å². The predicted molar refractivity (Wildman–Crippen MR) is 106 cm³/mol. The number of Topliss-reactive ketones (excluding diaryl/α,β-unsaturated/α-hetero) is 1. The van der Waals surface area contributed by atoms with E-state index < -0.39 is 5.97 Å². The number of carboxylic acids is 1. The molecule has 0 aliphatic heterocycles. The van der Waals surface area contributed by atoms with E-state index in [2.05, 4.69) is 20.8 Å². The van der Waals surface area contributed by atoms with Gasteiger partial charge in [0, 0.05) is 19.3 Å². The zero-order valence-electron chi connectivity index (χ0n) is 17.5. The molecule has 4 aliphatic rings. The van der Waals surface area contributed by atoms with Gasteiger partial charge < -0.3 is 5.11 Å². The van der Waals surface area contributed by atoms with Gasteiger partial charge in [-0.3, -0.25) is 9.59 Å². The molecule has 0 amide bonds. The summed E-state index contributed by atoms with van der Waals surface area (Å²) in [4.78, 5) is 23.1. The quantitative estimate of drug-likeness (QED) is 0.685. The second-order valence-electron chi connectivity index (χ2n) is 11.0. The van der Waals surface area contributed by atoms with Gasteiger partial charge in [0.05, 0.1) is 0 Å². The molecule has 8 atom stereocenters. The average molecular weight is 375 g/mol. The third kappa shape index (κ3) is 3.08. The van der Waals surface area contributed by atoms with Gasteiger partial charge in [-0.15, -0.1) is 0 Å². The fourth-order valence-corrected chi connectivity index (χ4v) is 8.57. The van der Waals surface area contributed by atoms with E-state index >= 15 is 0 Å². The first-order chi connectivity index (χ1) is 12.8. The highest BCUT2D eigenvalue weighted by molar-refractivity contribution is 5.79. The largest absolute Gasteiger partial charge is 0.481 e. The lowest BCUT2D eigenvalue weighted by Gasteiger charge is -2.60. The molecule has 4 fully saturated rings. The third-order valence-corrected chi connectivity index (χ3v) is 10.1. The summed E-state index contributed by atoms with van der Waals surface area (Å²) < 4.78 is 0. The summed E-state index contributed by atoms with van der Waals surface area (Å²) in [5.74, 6) is 4.19. The van der Waals surface area contributed by atoms with Gasteiger partial charge in [-0.05, 0) is 97.7 Å². The van der Waals surface area contributed by atoms with Gasteiger partial charge >= 0.3 is 5.97 Å². The van der Waals surface area contributed by atoms with Crippen LogP contribution < -0.4 is 0 Å². The Kier molecular flexibility index (Phi) is 4.96. The van der Waals surface area contributed by atoms with E-state index in [0.29, 0.717) is 40.8 Å². The zero-order valence-corrected chi connectivity index (χ0v) is 17.5.